The minimum Gasteiger partial charge on any atom is -0.465 e. The fourth-order valence-corrected chi connectivity index (χ4v) is 3.73. The van der Waals surface area contributed by atoms with Crippen molar-refractivity contribution in [3.05, 3.63) is 28.6 Å². The van der Waals surface area contributed by atoms with Gasteiger partial charge in [-0.2, -0.15) is 4.99 Å². The Kier molecular flexibility index (Phi) is 7.55. The largest absolute Gasteiger partial charge is 0.465 e. The van der Waals surface area contributed by atoms with E-state index >= 15 is 0 Å². The molecule has 9 heteroatoms. The van der Waals surface area contributed by atoms with Gasteiger partial charge in [-0.15, -0.1) is 0 Å². The van der Waals surface area contributed by atoms with E-state index in [4.69, 9.17) is 9.47 Å². The van der Waals surface area contributed by atoms with Crippen LogP contribution in [0.2, 0.25) is 0 Å². The van der Waals surface area contributed by atoms with Crippen LogP contribution in [-0.2, 0) is 25.6 Å². The van der Waals surface area contributed by atoms with Crippen molar-refractivity contribution in [1.29, 1.82) is 0 Å². The topological polar surface area (TPSA) is 87.0 Å². The van der Waals surface area contributed by atoms with Crippen molar-refractivity contribution in [3.63, 3.8) is 0 Å². The van der Waals surface area contributed by atoms with Gasteiger partial charge in [-0.1, -0.05) is 23.1 Å². The normalized spacial score (nSPS) is 11.7. The van der Waals surface area contributed by atoms with E-state index in [1.54, 1.807) is 18.2 Å². The van der Waals surface area contributed by atoms with E-state index in [1.165, 1.54) is 25.4 Å². The number of amides is 1. The molecule has 1 amide bonds. The second kappa shape index (κ2) is 9.65. The second-order valence-electron chi connectivity index (χ2n) is 5.19. The molecule has 0 radical (unpaired) electrons. The summed E-state index contributed by atoms with van der Waals surface area (Å²) in [5.74, 6) is -0.800. The molecule has 0 saturated heterocycles. The maximum Gasteiger partial charge on any atom is 0.337 e. The summed E-state index contributed by atoms with van der Waals surface area (Å²) in [6.45, 7) is 4.92. The molecule has 26 heavy (non-hydrogen) atoms. The molecule has 0 aliphatic rings. The molecule has 0 bridgehead atoms. The highest BCUT2D eigenvalue weighted by Gasteiger charge is 2.12. The summed E-state index contributed by atoms with van der Waals surface area (Å²) in [5, 5.41) is -0.128. The number of fused-ring (bicyclic) bond motifs is 1. The zero-order chi connectivity index (χ0) is 19.1. The van der Waals surface area contributed by atoms with Gasteiger partial charge in [0, 0.05) is 20.1 Å². The molecule has 0 atom stereocenters. The number of nitrogens with zero attached hydrogens (tertiary/aromatic N) is 2. The van der Waals surface area contributed by atoms with Gasteiger partial charge in [0.1, 0.15) is 0 Å². The Balaban J connectivity index is 2.44. The van der Waals surface area contributed by atoms with Gasteiger partial charge in [-0.05, 0) is 25.1 Å². The predicted octanol–water partition coefficient (Wildman–Crippen LogP) is 2.23. The predicted molar refractivity (Wildman–Crippen MR) is 101 cm³/mol. The van der Waals surface area contributed by atoms with E-state index in [2.05, 4.69) is 4.99 Å². The number of methoxy groups -OCH3 is 1. The van der Waals surface area contributed by atoms with Crippen molar-refractivity contribution in [1.82, 2.24) is 4.57 Å². The van der Waals surface area contributed by atoms with Crippen LogP contribution in [0.15, 0.2) is 23.2 Å². The number of thiazole rings is 1. The number of aromatic nitrogens is 1. The van der Waals surface area contributed by atoms with E-state index in [-0.39, 0.29) is 16.8 Å². The van der Waals surface area contributed by atoms with Crippen LogP contribution >= 0.6 is 23.1 Å². The molecule has 7 nitrogen and oxygen atoms in total. The molecule has 2 rings (SSSR count). The quantitative estimate of drug-likeness (QED) is 0.527. The van der Waals surface area contributed by atoms with Crippen LogP contribution in [0.5, 0.6) is 0 Å². The Morgan fingerprint density at radius 3 is 2.73 bits per heavy atom. The smallest absolute Gasteiger partial charge is 0.337 e. The molecule has 0 unspecified atom stereocenters. The summed E-state index contributed by atoms with van der Waals surface area (Å²) in [4.78, 5) is 39.4. The van der Waals surface area contributed by atoms with Gasteiger partial charge in [0.05, 0.1) is 35.2 Å². The first-order valence-electron chi connectivity index (χ1n) is 7.96. The number of hydrogen-bond donors (Lipinski definition) is 0. The third-order valence-corrected chi connectivity index (χ3v) is 5.23. The molecule has 2 aromatic rings. The lowest BCUT2D eigenvalue weighted by Crippen LogP contribution is -2.20. The average Bonchev–Trinajstić information content (AvgIpc) is 2.96. The van der Waals surface area contributed by atoms with Crippen LogP contribution in [0.1, 0.15) is 24.2 Å². The summed E-state index contributed by atoms with van der Waals surface area (Å²) < 4.78 is 12.9. The van der Waals surface area contributed by atoms with Crippen LogP contribution in [0.4, 0.5) is 0 Å². The third kappa shape index (κ3) is 5.26. The summed E-state index contributed by atoms with van der Waals surface area (Å²) in [6.07, 6.45) is 0. The molecular weight excluding hydrogens is 376 g/mol. The zero-order valence-corrected chi connectivity index (χ0v) is 16.4. The van der Waals surface area contributed by atoms with Gasteiger partial charge in [-0.3, -0.25) is 9.59 Å². The highest BCUT2D eigenvalue weighted by atomic mass is 32.2. The van der Waals surface area contributed by atoms with Crippen LogP contribution in [0, 0.1) is 0 Å². The van der Waals surface area contributed by atoms with E-state index in [0.717, 1.165) is 22.0 Å². The number of thioether (sulfide) groups is 1. The highest BCUT2D eigenvalue weighted by Crippen LogP contribution is 2.20. The Morgan fingerprint density at radius 2 is 2.08 bits per heavy atom. The monoisotopic (exact) mass is 396 g/mol. The standard InChI is InChI=1S/C17H20N2O5S2/c1-4-24-8-7-19-13-6-5-12(16(22)23-3)9-14(13)26-17(19)18-15(21)10-25-11(2)20/h5-6,9H,4,7-8,10H2,1-3H3. The Morgan fingerprint density at radius 1 is 1.31 bits per heavy atom. The van der Waals surface area contributed by atoms with Gasteiger partial charge >= 0.3 is 5.97 Å². The average molecular weight is 396 g/mol. The highest BCUT2D eigenvalue weighted by molar-refractivity contribution is 8.14. The van der Waals surface area contributed by atoms with Crippen molar-refractivity contribution >= 4 is 50.3 Å². The van der Waals surface area contributed by atoms with Crippen LogP contribution in [0.25, 0.3) is 10.2 Å². The van der Waals surface area contributed by atoms with Crippen LogP contribution in [0.3, 0.4) is 0 Å². The number of rotatable bonds is 7. The minimum atomic E-state index is -0.423. The first kappa shape index (κ1) is 20.3. The van der Waals surface area contributed by atoms with E-state index in [0.29, 0.717) is 30.1 Å². The maximum atomic E-state index is 12.0. The van der Waals surface area contributed by atoms with Crippen molar-refractivity contribution < 1.29 is 23.9 Å². The molecule has 140 valence electrons. The Labute approximate surface area is 159 Å². The van der Waals surface area contributed by atoms with Crippen molar-refractivity contribution in [3.8, 4) is 0 Å². The second-order valence-corrected chi connectivity index (χ2v) is 7.35. The lowest BCUT2D eigenvalue weighted by Gasteiger charge is -2.06. The molecular formula is C17H20N2O5S2. The Hall–Kier alpha value is -1.97. The van der Waals surface area contributed by atoms with Crippen LogP contribution in [-0.4, -0.2) is 47.6 Å². The summed E-state index contributed by atoms with van der Waals surface area (Å²) in [6, 6.07) is 5.20. The van der Waals surface area contributed by atoms with Gasteiger partial charge in [0.2, 0.25) is 0 Å². The lowest BCUT2D eigenvalue weighted by atomic mass is 10.2. The number of hydrogen-bond acceptors (Lipinski definition) is 7. The van der Waals surface area contributed by atoms with Gasteiger partial charge in [-0.25, -0.2) is 4.79 Å². The molecule has 1 aromatic carbocycles. The molecule has 0 saturated carbocycles. The van der Waals surface area contributed by atoms with E-state index in [1.807, 2.05) is 11.5 Å². The molecule has 0 fully saturated rings. The summed E-state index contributed by atoms with van der Waals surface area (Å²) >= 11 is 2.23. The van der Waals surface area contributed by atoms with E-state index < -0.39 is 5.97 Å². The van der Waals surface area contributed by atoms with Crippen molar-refractivity contribution in [2.75, 3.05) is 26.1 Å². The summed E-state index contributed by atoms with van der Waals surface area (Å²) in [7, 11) is 1.33. The number of carbonyl (C=O) groups is 3. The molecule has 1 heterocycles. The summed E-state index contributed by atoms with van der Waals surface area (Å²) in [5.41, 5.74) is 1.29. The number of carbonyl (C=O) groups excluding carboxylic acids is 3. The van der Waals surface area contributed by atoms with Gasteiger partial charge in [0.15, 0.2) is 9.92 Å². The zero-order valence-electron chi connectivity index (χ0n) is 14.8. The van der Waals surface area contributed by atoms with Crippen molar-refractivity contribution in [2.24, 2.45) is 4.99 Å². The molecule has 1 aromatic heterocycles. The molecule has 0 aliphatic carbocycles. The van der Waals surface area contributed by atoms with E-state index in [9.17, 15) is 14.4 Å². The number of benzene rings is 1. The third-order valence-electron chi connectivity index (χ3n) is 3.39. The SMILES string of the molecule is CCOCCn1c(=NC(=O)CSC(C)=O)sc2cc(C(=O)OC)ccc21. The molecule has 0 spiro atoms. The molecule has 0 aliphatic heterocycles. The molecule has 0 N–H and O–H groups in total. The van der Waals surface area contributed by atoms with Crippen LogP contribution < -0.4 is 4.80 Å². The fourth-order valence-electron chi connectivity index (χ4n) is 2.22. The van der Waals surface area contributed by atoms with Gasteiger partial charge in [0.25, 0.3) is 5.91 Å². The first-order valence-corrected chi connectivity index (χ1v) is 9.76. The van der Waals surface area contributed by atoms with Crippen molar-refractivity contribution in [2.45, 2.75) is 20.4 Å². The number of esters is 1. The number of ether oxygens (including phenoxy) is 2. The maximum absolute atomic E-state index is 12.0. The Bertz CT molecular complexity index is 885. The fraction of sp³-hybridized carbons (Fsp3) is 0.412. The lowest BCUT2D eigenvalue weighted by molar-refractivity contribution is -0.116. The first-order chi connectivity index (χ1) is 12.5. The van der Waals surface area contributed by atoms with Gasteiger partial charge < -0.3 is 14.0 Å². The minimum absolute atomic E-state index is 0.00243.